The Bertz CT molecular complexity index is 176. The zero-order valence-corrected chi connectivity index (χ0v) is 12.9. The van der Waals surface area contributed by atoms with Crippen molar-refractivity contribution in [2.24, 2.45) is 0 Å². The predicted octanol–water partition coefficient (Wildman–Crippen LogP) is 0.959. The Morgan fingerprint density at radius 3 is 1.16 bits per heavy atom. The van der Waals surface area contributed by atoms with Gasteiger partial charge in [0.25, 0.3) is 0 Å². The molecule has 0 fully saturated rings. The molecule has 3 unspecified atom stereocenters. The van der Waals surface area contributed by atoms with Crippen LogP contribution in [0.4, 0.5) is 0 Å². The summed E-state index contributed by atoms with van der Waals surface area (Å²) in [7, 11) is 0. The third-order valence-corrected chi connectivity index (χ3v) is 3.73. The molecule has 0 amide bonds. The van der Waals surface area contributed by atoms with Crippen LogP contribution in [0.1, 0.15) is 47.0 Å². The average molecular weight is 279 g/mol. The van der Waals surface area contributed by atoms with E-state index in [0.29, 0.717) is 0 Å². The molecule has 118 valence electrons. The van der Waals surface area contributed by atoms with Crippen molar-refractivity contribution in [3.05, 3.63) is 0 Å². The molecule has 0 aliphatic carbocycles. The quantitative estimate of drug-likeness (QED) is 0.519. The van der Waals surface area contributed by atoms with Gasteiger partial charge in [-0.3, -0.25) is 0 Å². The molecule has 0 aliphatic heterocycles. The van der Waals surface area contributed by atoms with Crippen molar-refractivity contribution < 1.29 is 25.3 Å². The summed E-state index contributed by atoms with van der Waals surface area (Å²) in [5.74, 6) is 0. The van der Waals surface area contributed by atoms with Crippen LogP contribution in [0.15, 0.2) is 0 Å². The van der Waals surface area contributed by atoms with E-state index in [9.17, 15) is 15.3 Å². The molecular formula is C14H33NO4. The lowest BCUT2D eigenvalue weighted by Gasteiger charge is -2.39. The van der Waals surface area contributed by atoms with Gasteiger partial charge < -0.3 is 25.3 Å². The van der Waals surface area contributed by atoms with Gasteiger partial charge in [-0.1, -0.05) is 0 Å². The lowest BCUT2D eigenvalue weighted by atomic mass is 10.1. The molecule has 0 aliphatic rings. The summed E-state index contributed by atoms with van der Waals surface area (Å²) in [5.41, 5.74) is 0. The first kappa shape index (κ1) is 21.1. The second kappa shape index (κ2) is 10.6. The Hall–Kier alpha value is -0.200. The molecule has 0 aromatic rings. The van der Waals surface area contributed by atoms with Crippen molar-refractivity contribution in [2.45, 2.75) is 65.3 Å². The van der Waals surface area contributed by atoms with Gasteiger partial charge in [0.05, 0.1) is 44.5 Å². The van der Waals surface area contributed by atoms with E-state index < -0.39 is 0 Å². The summed E-state index contributed by atoms with van der Waals surface area (Å²) < 4.78 is 0.876. The van der Waals surface area contributed by atoms with Crippen molar-refractivity contribution in [3.63, 3.8) is 0 Å². The summed E-state index contributed by atoms with van der Waals surface area (Å²) in [4.78, 5) is 0. The molecule has 0 aromatic carbocycles. The molecule has 4 N–H and O–H groups in total. The van der Waals surface area contributed by atoms with E-state index in [1.807, 2.05) is 20.8 Å². The highest BCUT2D eigenvalue weighted by Gasteiger charge is 2.26. The third-order valence-electron chi connectivity index (χ3n) is 3.73. The Labute approximate surface area is 117 Å². The highest BCUT2D eigenvalue weighted by atomic mass is 16.3. The van der Waals surface area contributed by atoms with Crippen LogP contribution in [0.5, 0.6) is 0 Å². The van der Waals surface area contributed by atoms with Crippen molar-refractivity contribution in [1.82, 2.24) is 0 Å². The van der Waals surface area contributed by atoms with Crippen LogP contribution in [-0.4, -0.2) is 69.8 Å². The first-order valence-corrected chi connectivity index (χ1v) is 7.20. The van der Waals surface area contributed by atoms with Crippen LogP contribution in [0, 0.1) is 0 Å². The van der Waals surface area contributed by atoms with Crippen LogP contribution in [0.3, 0.4) is 0 Å². The summed E-state index contributed by atoms with van der Waals surface area (Å²) in [6, 6.07) is 0. The molecule has 0 rings (SSSR count). The average Bonchev–Trinajstić information content (AvgIpc) is 2.28. The second-order valence-corrected chi connectivity index (χ2v) is 5.74. The number of hydrogen-bond acceptors (Lipinski definition) is 4. The Balaban J connectivity index is 0. The molecular weight excluding hydrogens is 246 g/mol. The minimum absolute atomic E-state index is 0. The summed E-state index contributed by atoms with van der Waals surface area (Å²) in [5, 5.41) is 28.4. The SMILES string of the molecule is CC[N+](CCC(C)O)(CCC(C)O)CCC(C)O.[OH-]. The molecule has 0 spiro atoms. The van der Waals surface area contributed by atoms with E-state index in [4.69, 9.17) is 0 Å². The van der Waals surface area contributed by atoms with Crippen LogP contribution in [0.2, 0.25) is 0 Å². The lowest BCUT2D eigenvalue weighted by Crippen LogP contribution is -2.51. The Kier molecular flexibility index (Phi) is 11.7. The maximum Gasteiger partial charge on any atom is 0.0811 e. The van der Waals surface area contributed by atoms with Crippen molar-refractivity contribution in [1.29, 1.82) is 0 Å². The van der Waals surface area contributed by atoms with Gasteiger partial charge >= 0.3 is 0 Å². The van der Waals surface area contributed by atoms with Crippen molar-refractivity contribution in [3.8, 4) is 0 Å². The molecule has 0 bridgehead atoms. The zero-order chi connectivity index (χ0) is 14.2. The number of quaternary nitrogens is 1. The number of aliphatic hydroxyl groups is 3. The van der Waals surface area contributed by atoms with Gasteiger partial charge in [0, 0.05) is 19.3 Å². The van der Waals surface area contributed by atoms with Gasteiger partial charge in [0.1, 0.15) is 0 Å². The van der Waals surface area contributed by atoms with E-state index >= 15 is 0 Å². The van der Waals surface area contributed by atoms with Crippen molar-refractivity contribution >= 4 is 0 Å². The van der Waals surface area contributed by atoms with E-state index in [1.165, 1.54) is 0 Å². The minimum atomic E-state index is -0.285. The Morgan fingerprint density at radius 2 is 1.00 bits per heavy atom. The molecule has 19 heavy (non-hydrogen) atoms. The summed E-state index contributed by atoms with van der Waals surface area (Å²) in [6.07, 6.45) is 1.46. The van der Waals surface area contributed by atoms with Crippen LogP contribution >= 0.6 is 0 Å². The standard InChI is InChI=1S/C14H32NO3.H2O/c1-5-15(9-6-12(2)16,10-7-13(3)17)11-8-14(4)18;/h12-14,16-18H,5-11H2,1-4H3;1H2/q+1;/p-1. The van der Waals surface area contributed by atoms with Crippen LogP contribution in [-0.2, 0) is 0 Å². The van der Waals surface area contributed by atoms with Crippen LogP contribution in [0.25, 0.3) is 0 Å². The fourth-order valence-corrected chi connectivity index (χ4v) is 2.19. The molecule has 0 heterocycles. The molecule has 5 heteroatoms. The molecule has 0 saturated carbocycles. The zero-order valence-electron chi connectivity index (χ0n) is 12.9. The smallest absolute Gasteiger partial charge is 0.0811 e. The van der Waals surface area contributed by atoms with Gasteiger partial charge in [-0.15, -0.1) is 0 Å². The van der Waals surface area contributed by atoms with Crippen LogP contribution < -0.4 is 0 Å². The number of nitrogens with zero attached hydrogens (tertiary/aromatic N) is 1. The van der Waals surface area contributed by atoms with Gasteiger partial charge in [-0.05, 0) is 27.7 Å². The van der Waals surface area contributed by atoms with Crippen molar-refractivity contribution in [2.75, 3.05) is 26.2 Å². The summed E-state index contributed by atoms with van der Waals surface area (Å²) in [6.45, 7) is 11.3. The van der Waals surface area contributed by atoms with E-state index in [2.05, 4.69) is 6.92 Å². The predicted molar refractivity (Wildman–Crippen MR) is 76.2 cm³/mol. The van der Waals surface area contributed by atoms with Gasteiger partial charge in [-0.2, -0.15) is 0 Å². The van der Waals surface area contributed by atoms with E-state index in [-0.39, 0.29) is 23.8 Å². The lowest BCUT2D eigenvalue weighted by molar-refractivity contribution is -0.928. The third kappa shape index (κ3) is 10.3. The van der Waals surface area contributed by atoms with Gasteiger partial charge in [0.15, 0.2) is 0 Å². The fraction of sp³-hybridized carbons (Fsp3) is 1.00. The van der Waals surface area contributed by atoms with E-state index in [0.717, 1.165) is 49.9 Å². The Morgan fingerprint density at radius 1 is 0.737 bits per heavy atom. The highest BCUT2D eigenvalue weighted by molar-refractivity contribution is 4.55. The minimum Gasteiger partial charge on any atom is -0.870 e. The molecule has 3 atom stereocenters. The van der Waals surface area contributed by atoms with Gasteiger partial charge in [0.2, 0.25) is 0 Å². The highest BCUT2D eigenvalue weighted by Crippen LogP contribution is 2.14. The second-order valence-electron chi connectivity index (χ2n) is 5.74. The molecule has 5 nitrogen and oxygen atoms in total. The molecule has 0 aromatic heterocycles. The molecule has 0 radical (unpaired) electrons. The maximum atomic E-state index is 9.46. The van der Waals surface area contributed by atoms with Gasteiger partial charge in [-0.25, -0.2) is 0 Å². The maximum absolute atomic E-state index is 9.46. The monoisotopic (exact) mass is 279 g/mol. The number of hydrogen-bond donors (Lipinski definition) is 3. The number of aliphatic hydroxyl groups excluding tert-OH is 3. The topological polar surface area (TPSA) is 90.7 Å². The summed E-state index contributed by atoms with van der Waals surface area (Å²) >= 11 is 0. The largest absolute Gasteiger partial charge is 0.870 e. The molecule has 0 saturated heterocycles. The normalized spacial score (nSPS) is 19.1. The first-order valence-electron chi connectivity index (χ1n) is 7.20. The first-order chi connectivity index (χ1) is 8.31. The fourth-order valence-electron chi connectivity index (χ4n) is 2.19. The number of rotatable bonds is 10. The van der Waals surface area contributed by atoms with E-state index in [1.54, 1.807) is 0 Å².